The summed E-state index contributed by atoms with van der Waals surface area (Å²) in [5.74, 6) is 0.0477. The van der Waals surface area contributed by atoms with Gasteiger partial charge in [-0.2, -0.15) is 0 Å². The van der Waals surface area contributed by atoms with Crippen LogP contribution in [0.4, 0.5) is 0 Å². The molecule has 1 aromatic carbocycles. The Bertz CT molecular complexity index is 454. The third-order valence-corrected chi connectivity index (χ3v) is 3.53. The molecule has 0 fully saturated rings. The number of benzene rings is 1. The predicted molar refractivity (Wildman–Crippen MR) is 65.7 cm³/mol. The molecule has 0 saturated carbocycles. The standard InChI is InChI=1S/C13H15ClO3/c1-13(2,12(15)16)6-8-7-17-10-5-3-4-9(14)11(8)10/h3-5,8H,6-7H2,1-2H3,(H,15,16). The van der Waals surface area contributed by atoms with Crippen LogP contribution in [0.15, 0.2) is 18.2 Å². The van der Waals surface area contributed by atoms with Gasteiger partial charge in [0.15, 0.2) is 0 Å². The summed E-state index contributed by atoms with van der Waals surface area (Å²) in [7, 11) is 0. The molecule has 0 radical (unpaired) electrons. The summed E-state index contributed by atoms with van der Waals surface area (Å²) in [5, 5.41) is 9.80. The molecule has 92 valence electrons. The van der Waals surface area contributed by atoms with Gasteiger partial charge in [-0.1, -0.05) is 17.7 Å². The van der Waals surface area contributed by atoms with E-state index in [0.29, 0.717) is 18.1 Å². The van der Waals surface area contributed by atoms with Gasteiger partial charge in [0.05, 0.1) is 12.0 Å². The fourth-order valence-corrected chi connectivity index (χ4v) is 2.50. The molecule has 1 N–H and O–H groups in total. The van der Waals surface area contributed by atoms with Crippen LogP contribution in [0.5, 0.6) is 5.75 Å². The van der Waals surface area contributed by atoms with Crippen LogP contribution in [0.2, 0.25) is 5.02 Å². The number of carboxylic acid groups (broad SMARTS) is 1. The fraction of sp³-hybridized carbons (Fsp3) is 0.462. The van der Waals surface area contributed by atoms with E-state index in [-0.39, 0.29) is 5.92 Å². The summed E-state index contributed by atoms with van der Waals surface area (Å²) < 4.78 is 5.54. The zero-order chi connectivity index (χ0) is 12.6. The van der Waals surface area contributed by atoms with E-state index in [1.54, 1.807) is 13.8 Å². The molecule has 1 unspecified atom stereocenters. The lowest BCUT2D eigenvalue weighted by Crippen LogP contribution is -2.26. The molecule has 1 heterocycles. The summed E-state index contributed by atoms with van der Waals surface area (Å²) in [5.41, 5.74) is 0.179. The van der Waals surface area contributed by atoms with Crippen molar-refractivity contribution in [2.75, 3.05) is 6.61 Å². The van der Waals surface area contributed by atoms with Gasteiger partial charge in [-0.15, -0.1) is 0 Å². The van der Waals surface area contributed by atoms with E-state index in [1.165, 1.54) is 0 Å². The van der Waals surface area contributed by atoms with Crippen molar-refractivity contribution in [3.8, 4) is 5.75 Å². The average molecular weight is 255 g/mol. The number of ether oxygens (including phenoxy) is 1. The zero-order valence-corrected chi connectivity index (χ0v) is 10.6. The van der Waals surface area contributed by atoms with Gasteiger partial charge in [-0.25, -0.2) is 0 Å². The Morgan fingerprint density at radius 3 is 2.94 bits per heavy atom. The van der Waals surface area contributed by atoms with Crippen molar-refractivity contribution in [2.45, 2.75) is 26.2 Å². The molecular weight excluding hydrogens is 240 g/mol. The van der Waals surface area contributed by atoms with Gasteiger partial charge in [0, 0.05) is 16.5 Å². The summed E-state index contributed by atoms with van der Waals surface area (Å²) in [6, 6.07) is 5.52. The van der Waals surface area contributed by atoms with E-state index in [4.69, 9.17) is 21.4 Å². The van der Waals surface area contributed by atoms with Crippen molar-refractivity contribution in [3.63, 3.8) is 0 Å². The monoisotopic (exact) mass is 254 g/mol. The van der Waals surface area contributed by atoms with E-state index < -0.39 is 11.4 Å². The van der Waals surface area contributed by atoms with Gasteiger partial charge in [0.2, 0.25) is 0 Å². The highest BCUT2D eigenvalue weighted by Crippen LogP contribution is 2.44. The third-order valence-electron chi connectivity index (χ3n) is 3.20. The maximum Gasteiger partial charge on any atom is 0.309 e. The normalized spacial score (nSPS) is 18.6. The number of halogens is 1. The molecule has 0 saturated heterocycles. The summed E-state index contributed by atoms with van der Waals surface area (Å²) in [4.78, 5) is 11.1. The first kappa shape index (κ1) is 12.2. The Hall–Kier alpha value is -1.22. The molecule has 3 nitrogen and oxygen atoms in total. The van der Waals surface area contributed by atoms with Crippen LogP contribution < -0.4 is 4.74 Å². The molecule has 4 heteroatoms. The van der Waals surface area contributed by atoms with Gasteiger partial charge >= 0.3 is 5.97 Å². The SMILES string of the molecule is CC(C)(CC1COc2cccc(Cl)c21)C(=O)O. The van der Waals surface area contributed by atoms with Gasteiger partial charge in [0.1, 0.15) is 5.75 Å². The Morgan fingerprint density at radius 1 is 1.59 bits per heavy atom. The molecular formula is C13H15ClO3. The lowest BCUT2D eigenvalue weighted by molar-refractivity contribution is -0.147. The first-order valence-corrected chi connectivity index (χ1v) is 5.94. The van der Waals surface area contributed by atoms with Crippen molar-refractivity contribution >= 4 is 17.6 Å². The lowest BCUT2D eigenvalue weighted by Gasteiger charge is -2.22. The second kappa shape index (κ2) is 4.22. The van der Waals surface area contributed by atoms with E-state index in [2.05, 4.69) is 0 Å². The van der Waals surface area contributed by atoms with Gasteiger partial charge in [-0.3, -0.25) is 4.79 Å². The van der Waals surface area contributed by atoms with Crippen LogP contribution in [0, 0.1) is 5.41 Å². The predicted octanol–water partition coefficient (Wildman–Crippen LogP) is 3.32. The fourth-order valence-electron chi connectivity index (χ4n) is 2.18. The highest BCUT2D eigenvalue weighted by Gasteiger charge is 2.36. The molecule has 0 amide bonds. The number of carboxylic acids is 1. The Balaban J connectivity index is 2.26. The maximum atomic E-state index is 11.1. The van der Waals surface area contributed by atoms with Gasteiger partial charge in [0.25, 0.3) is 0 Å². The van der Waals surface area contributed by atoms with Crippen molar-refractivity contribution in [1.29, 1.82) is 0 Å². The van der Waals surface area contributed by atoms with Crippen LogP contribution in [-0.2, 0) is 4.79 Å². The number of carbonyl (C=O) groups is 1. The maximum absolute atomic E-state index is 11.1. The molecule has 1 aromatic rings. The smallest absolute Gasteiger partial charge is 0.309 e. The van der Waals surface area contributed by atoms with Crippen LogP contribution >= 0.6 is 11.6 Å². The van der Waals surface area contributed by atoms with Crippen LogP contribution in [0.25, 0.3) is 0 Å². The van der Waals surface area contributed by atoms with Crippen LogP contribution in [0.3, 0.4) is 0 Å². The van der Waals surface area contributed by atoms with Crippen molar-refractivity contribution in [2.24, 2.45) is 5.41 Å². The topological polar surface area (TPSA) is 46.5 Å². The first-order valence-electron chi connectivity index (χ1n) is 5.56. The summed E-state index contributed by atoms with van der Waals surface area (Å²) in [6.45, 7) is 3.96. The molecule has 0 bridgehead atoms. The van der Waals surface area contributed by atoms with E-state index in [9.17, 15) is 4.79 Å². The Labute approximate surface area is 105 Å². The third kappa shape index (κ3) is 2.25. The minimum Gasteiger partial charge on any atom is -0.493 e. The largest absolute Gasteiger partial charge is 0.493 e. The molecule has 0 spiro atoms. The first-order chi connectivity index (χ1) is 7.92. The number of fused-ring (bicyclic) bond motifs is 1. The zero-order valence-electron chi connectivity index (χ0n) is 9.87. The molecule has 0 aliphatic carbocycles. The highest BCUT2D eigenvalue weighted by atomic mass is 35.5. The molecule has 17 heavy (non-hydrogen) atoms. The van der Waals surface area contributed by atoms with Crippen LogP contribution in [-0.4, -0.2) is 17.7 Å². The van der Waals surface area contributed by atoms with Crippen molar-refractivity contribution in [3.05, 3.63) is 28.8 Å². The Kier molecular flexibility index (Phi) is 3.04. The van der Waals surface area contributed by atoms with Crippen molar-refractivity contribution in [1.82, 2.24) is 0 Å². The van der Waals surface area contributed by atoms with E-state index in [0.717, 1.165) is 11.3 Å². The number of hydrogen-bond donors (Lipinski definition) is 1. The number of aliphatic carboxylic acids is 1. The molecule has 1 aliphatic heterocycles. The molecule has 1 atom stereocenters. The Morgan fingerprint density at radius 2 is 2.29 bits per heavy atom. The van der Waals surface area contributed by atoms with Crippen LogP contribution in [0.1, 0.15) is 31.7 Å². The number of hydrogen-bond acceptors (Lipinski definition) is 2. The van der Waals surface area contributed by atoms with Gasteiger partial charge in [-0.05, 0) is 32.4 Å². The van der Waals surface area contributed by atoms with Crippen molar-refractivity contribution < 1.29 is 14.6 Å². The van der Waals surface area contributed by atoms with E-state index >= 15 is 0 Å². The van der Waals surface area contributed by atoms with E-state index in [1.807, 2.05) is 18.2 Å². The number of rotatable bonds is 3. The molecule has 2 rings (SSSR count). The minimum atomic E-state index is -0.794. The quantitative estimate of drug-likeness (QED) is 0.900. The highest BCUT2D eigenvalue weighted by molar-refractivity contribution is 6.31. The summed E-state index contributed by atoms with van der Waals surface area (Å²) in [6.07, 6.45) is 0.527. The average Bonchev–Trinajstić information content (AvgIpc) is 2.62. The molecule has 0 aromatic heterocycles. The second-order valence-electron chi connectivity index (χ2n) is 5.05. The summed E-state index contributed by atoms with van der Waals surface area (Å²) >= 11 is 6.15. The second-order valence-corrected chi connectivity index (χ2v) is 5.46. The van der Waals surface area contributed by atoms with Gasteiger partial charge < -0.3 is 9.84 Å². The lowest BCUT2D eigenvalue weighted by atomic mass is 9.81. The minimum absolute atomic E-state index is 0.0600. The molecule has 1 aliphatic rings.